The van der Waals surface area contributed by atoms with E-state index in [1.54, 1.807) is 12.2 Å². The highest BCUT2D eigenvalue weighted by Gasteiger charge is 1.87. The van der Waals surface area contributed by atoms with Gasteiger partial charge in [-0.25, -0.2) is 4.99 Å². The quantitative estimate of drug-likeness (QED) is 0.486. The topological polar surface area (TPSA) is 38.4 Å². The first-order chi connectivity index (χ1) is 5.16. The summed E-state index contributed by atoms with van der Waals surface area (Å²) >= 11 is 0. The largest absolute Gasteiger partial charge is 0.384 e. The molecule has 0 bridgehead atoms. The maximum atomic E-state index is 5.46. The lowest BCUT2D eigenvalue weighted by atomic mass is 10.2. The third-order valence-corrected chi connectivity index (χ3v) is 1.11. The van der Waals surface area contributed by atoms with E-state index in [1.165, 1.54) is 0 Å². The second kappa shape index (κ2) is 5.71. The lowest BCUT2D eigenvalue weighted by Crippen LogP contribution is -1.94. The number of hydrogen-bond donors (Lipinski definition) is 1. The summed E-state index contributed by atoms with van der Waals surface area (Å²) in [4.78, 5) is 4.00. The number of nitrogens with two attached hydrogens (primary N) is 1. The van der Waals surface area contributed by atoms with E-state index in [-0.39, 0.29) is 0 Å². The Balaban J connectivity index is 3.73. The molecule has 0 saturated heterocycles. The molecule has 0 aliphatic heterocycles. The van der Waals surface area contributed by atoms with Crippen LogP contribution in [0.15, 0.2) is 29.5 Å². The van der Waals surface area contributed by atoms with Gasteiger partial charge >= 0.3 is 0 Å². The normalized spacial score (nSPS) is 12.8. The van der Waals surface area contributed by atoms with Crippen molar-refractivity contribution >= 4 is 6.21 Å². The van der Waals surface area contributed by atoms with Crippen LogP contribution in [0.1, 0.15) is 20.3 Å². The molecule has 0 rings (SSSR count). The highest BCUT2D eigenvalue weighted by atomic mass is 14.9. The van der Waals surface area contributed by atoms with Gasteiger partial charge in [0, 0.05) is 6.21 Å². The van der Waals surface area contributed by atoms with Crippen molar-refractivity contribution in [1.82, 2.24) is 0 Å². The van der Waals surface area contributed by atoms with Gasteiger partial charge in [-0.3, -0.25) is 0 Å². The fourth-order valence-corrected chi connectivity index (χ4v) is 0.533. The zero-order valence-electron chi connectivity index (χ0n) is 7.25. The van der Waals surface area contributed by atoms with Crippen LogP contribution < -0.4 is 5.73 Å². The minimum atomic E-state index is 0.514. The first-order valence-electron chi connectivity index (χ1n) is 3.77. The molecule has 0 aromatic rings. The van der Waals surface area contributed by atoms with Gasteiger partial charge in [-0.05, 0) is 18.4 Å². The maximum Gasteiger partial charge on any atom is 0.122 e. The van der Waals surface area contributed by atoms with Crippen LogP contribution in [0.4, 0.5) is 0 Å². The van der Waals surface area contributed by atoms with Crippen molar-refractivity contribution in [3.05, 3.63) is 24.6 Å². The van der Waals surface area contributed by atoms with Crippen molar-refractivity contribution in [3.63, 3.8) is 0 Å². The Kier molecular flexibility index (Phi) is 5.17. The molecule has 62 valence electrons. The molecular weight excluding hydrogens is 136 g/mol. The van der Waals surface area contributed by atoms with E-state index in [9.17, 15) is 0 Å². The number of aliphatic imine (C=N–C) groups is 1. The Morgan fingerprint density at radius 2 is 2.27 bits per heavy atom. The summed E-state index contributed by atoms with van der Waals surface area (Å²) in [6.45, 7) is 7.79. The molecule has 0 aliphatic rings. The average Bonchev–Trinajstić information content (AvgIpc) is 1.87. The molecule has 0 fully saturated rings. The van der Waals surface area contributed by atoms with Crippen molar-refractivity contribution in [1.29, 1.82) is 0 Å². The van der Waals surface area contributed by atoms with Crippen LogP contribution in [-0.4, -0.2) is 6.21 Å². The predicted molar refractivity (Wildman–Crippen MR) is 50.4 cm³/mol. The molecule has 0 atom stereocenters. The minimum Gasteiger partial charge on any atom is -0.384 e. The number of hydrogen-bond acceptors (Lipinski definition) is 2. The molecule has 0 saturated carbocycles. The number of allylic oxidation sites excluding steroid dienone is 2. The number of nitrogens with zero attached hydrogens (tertiary/aromatic N) is 1. The van der Waals surface area contributed by atoms with Crippen molar-refractivity contribution in [2.24, 2.45) is 16.6 Å². The van der Waals surface area contributed by atoms with E-state index in [4.69, 9.17) is 5.73 Å². The van der Waals surface area contributed by atoms with Crippen LogP contribution in [0.25, 0.3) is 0 Å². The first kappa shape index (κ1) is 9.95. The summed E-state index contributed by atoms with van der Waals surface area (Å²) in [5.41, 5.74) is 5.46. The molecule has 0 spiro atoms. The maximum absolute atomic E-state index is 5.46. The minimum absolute atomic E-state index is 0.514. The summed E-state index contributed by atoms with van der Waals surface area (Å²) in [6, 6.07) is 0. The van der Waals surface area contributed by atoms with Crippen molar-refractivity contribution in [2.75, 3.05) is 0 Å². The highest BCUT2D eigenvalue weighted by Crippen LogP contribution is 1.96. The Bertz CT molecular complexity index is 166. The van der Waals surface area contributed by atoms with E-state index in [0.29, 0.717) is 11.7 Å². The highest BCUT2D eigenvalue weighted by molar-refractivity contribution is 5.59. The second-order valence-electron chi connectivity index (χ2n) is 2.77. The Morgan fingerprint density at radius 3 is 2.73 bits per heavy atom. The molecule has 2 nitrogen and oxygen atoms in total. The second-order valence-corrected chi connectivity index (χ2v) is 2.77. The van der Waals surface area contributed by atoms with Crippen LogP contribution >= 0.6 is 0 Å². The van der Waals surface area contributed by atoms with Gasteiger partial charge in [0.05, 0.1) is 0 Å². The molecule has 0 heterocycles. The van der Waals surface area contributed by atoms with Gasteiger partial charge in [0.15, 0.2) is 0 Å². The molecule has 0 aliphatic carbocycles. The lowest BCUT2D eigenvalue weighted by molar-refractivity contribution is 0.690. The van der Waals surface area contributed by atoms with Crippen molar-refractivity contribution in [3.8, 4) is 0 Å². The van der Waals surface area contributed by atoms with E-state index in [2.05, 4.69) is 25.4 Å². The zero-order valence-corrected chi connectivity index (χ0v) is 7.25. The van der Waals surface area contributed by atoms with Crippen molar-refractivity contribution in [2.45, 2.75) is 20.3 Å². The van der Waals surface area contributed by atoms with Gasteiger partial charge in [0.2, 0.25) is 0 Å². The average molecular weight is 152 g/mol. The predicted octanol–water partition coefficient (Wildman–Crippen LogP) is 2.09. The standard InChI is InChI=1S/C9H16N2/c1-4-5-9(10)11-7-6-8(2)3/h4-5,7-8H,1,6,10H2,2-3H3/b9-5-,11-7?. The van der Waals surface area contributed by atoms with Gasteiger partial charge in [-0.2, -0.15) is 0 Å². The van der Waals surface area contributed by atoms with Gasteiger partial charge in [0.25, 0.3) is 0 Å². The Morgan fingerprint density at radius 1 is 1.64 bits per heavy atom. The lowest BCUT2D eigenvalue weighted by Gasteiger charge is -1.95. The molecule has 2 N–H and O–H groups in total. The summed E-state index contributed by atoms with van der Waals surface area (Å²) in [5.74, 6) is 1.15. The SMILES string of the molecule is C=C/C=C(/N)N=CCC(C)C. The van der Waals surface area contributed by atoms with Crippen LogP contribution in [0.3, 0.4) is 0 Å². The third kappa shape index (κ3) is 6.84. The number of rotatable bonds is 4. The van der Waals surface area contributed by atoms with Gasteiger partial charge in [0.1, 0.15) is 5.82 Å². The van der Waals surface area contributed by atoms with Gasteiger partial charge in [-0.1, -0.05) is 26.5 Å². The smallest absolute Gasteiger partial charge is 0.122 e. The molecular formula is C9H16N2. The third-order valence-electron chi connectivity index (χ3n) is 1.11. The van der Waals surface area contributed by atoms with E-state index in [0.717, 1.165) is 6.42 Å². The van der Waals surface area contributed by atoms with Crippen LogP contribution in [0.5, 0.6) is 0 Å². The monoisotopic (exact) mass is 152 g/mol. The summed E-state index contributed by atoms with van der Waals surface area (Å²) in [5, 5.41) is 0. The van der Waals surface area contributed by atoms with Crippen molar-refractivity contribution < 1.29 is 0 Å². The summed E-state index contributed by atoms with van der Waals surface area (Å²) in [7, 11) is 0. The van der Waals surface area contributed by atoms with Crippen LogP contribution in [0, 0.1) is 5.92 Å². The zero-order chi connectivity index (χ0) is 8.69. The summed E-state index contributed by atoms with van der Waals surface area (Å²) < 4.78 is 0. The van der Waals surface area contributed by atoms with Gasteiger partial charge < -0.3 is 5.73 Å². The molecule has 0 aromatic heterocycles. The molecule has 0 amide bonds. The molecule has 0 radical (unpaired) electrons. The van der Waals surface area contributed by atoms with E-state index < -0.39 is 0 Å². The van der Waals surface area contributed by atoms with Crippen LogP contribution in [0.2, 0.25) is 0 Å². The molecule has 0 aromatic carbocycles. The van der Waals surface area contributed by atoms with E-state index in [1.807, 2.05) is 6.21 Å². The summed E-state index contributed by atoms with van der Waals surface area (Å²) in [6.07, 6.45) is 6.10. The molecule has 11 heavy (non-hydrogen) atoms. The fraction of sp³-hybridized carbons (Fsp3) is 0.444. The molecule has 0 unspecified atom stereocenters. The van der Waals surface area contributed by atoms with Gasteiger partial charge in [-0.15, -0.1) is 0 Å². The Hall–Kier alpha value is -1.05. The molecule has 2 heteroatoms. The Labute approximate surface area is 68.5 Å². The van der Waals surface area contributed by atoms with Crippen LogP contribution in [-0.2, 0) is 0 Å². The first-order valence-corrected chi connectivity index (χ1v) is 3.77. The fourth-order valence-electron chi connectivity index (χ4n) is 0.533. The van der Waals surface area contributed by atoms with E-state index >= 15 is 0 Å².